The fourth-order valence-corrected chi connectivity index (χ4v) is 2.34. The monoisotopic (exact) mass is 251 g/mol. The van der Waals surface area contributed by atoms with Gasteiger partial charge in [0.05, 0.1) is 16.7 Å². The highest BCUT2D eigenvalue weighted by molar-refractivity contribution is 6.31. The zero-order valence-corrected chi connectivity index (χ0v) is 10.4. The summed E-state index contributed by atoms with van der Waals surface area (Å²) in [4.78, 5) is 0. The van der Waals surface area contributed by atoms with Gasteiger partial charge in [0.1, 0.15) is 17.9 Å². The van der Waals surface area contributed by atoms with Crippen molar-refractivity contribution in [1.29, 1.82) is 5.26 Å². The average Bonchev–Trinajstić information content (AvgIpc) is 2.76. The van der Waals surface area contributed by atoms with Crippen LogP contribution in [0.4, 0.5) is 0 Å². The topological polar surface area (TPSA) is 42.2 Å². The molecule has 0 N–H and O–H groups in total. The molecule has 1 fully saturated rings. The third kappa shape index (κ3) is 2.71. The highest BCUT2D eigenvalue weighted by atomic mass is 35.5. The van der Waals surface area contributed by atoms with E-state index in [2.05, 4.69) is 0 Å². The summed E-state index contributed by atoms with van der Waals surface area (Å²) < 4.78 is 11.2. The van der Waals surface area contributed by atoms with Crippen molar-refractivity contribution in [3.63, 3.8) is 0 Å². The third-order valence-electron chi connectivity index (χ3n) is 3.04. The highest BCUT2D eigenvalue weighted by Gasteiger charge is 2.28. The van der Waals surface area contributed by atoms with Crippen LogP contribution in [0.15, 0.2) is 18.2 Å². The molecule has 2 rings (SSSR count). The molecular weight excluding hydrogens is 238 g/mol. The molecule has 1 aromatic rings. The van der Waals surface area contributed by atoms with Gasteiger partial charge in [-0.05, 0) is 31.4 Å². The van der Waals surface area contributed by atoms with Crippen LogP contribution in [0.25, 0.3) is 0 Å². The molecule has 0 radical (unpaired) electrons. The van der Waals surface area contributed by atoms with E-state index < -0.39 is 0 Å². The minimum atomic E-state index is 0.0870. The van der Waals surface area contributed by atoms with E-state index in [1.54, 1.807) is 25.3 Å². The molecule has 0 saturated heterocycles. The molecule has 1 aromatic carbocycles. The van der Waals surface area contributed by atoms with Gasteiger partial charge in [0.25, 0.3) is 0 Å². The van der Waals surface area contributed by atoms with Gasteiger partial charge in [0.2, 0.25) is 0 Å². The first-order valence-electron chi connectivity index (χ1n) is 5.63. The molecule has 0 amide bonds. The summed E-state index contributed by atoms with van der Waals surface area (Å²) in [7, 11) is 1.71. The summed E-state index contributed by atoms with van der Waals surface area (Å²) >= 11 is 5.95. The fourth-order valence-electron chi connectivity index (χ4n) is 2.13. The van der Waals surface area contributed by atoms with E-state index in [-0.39, 0.29) is 12.2 Å². The first-order valence-corrected chi connectivity index (χ1v) is 6.01. The molecule has 2 unspecified atom stereocenters. The normalized spacial score (nSPS) is 23.4. The Labute approximate surface area is 106 Å². The molecule has 4 heteroatoms. The van der Waals surface area contributed by atoms with E-state index in [4.69, 9.17) is 26.3 Å². The maximum Gasteiger partial charge on any atom is 0.125 e. The molecule has 3 nitrogen and oxygen atoms in total. The van der Waals surface area contributed by atoms with Gasteiger partial charge in [-0.25, -0.2) is 0 Å². The summed E-state index contributed by atoms with van der Waals surface area (Å²) in [5.74, 6) is 0.697. The van der Waals surface area contributed by atoms with Crippen LogP contribution in [0.5, 0.6) is 5.75 Å². The predicted octanol–water partition coefficient (Wildman–Crippen LogP) is 3.16. The van der Waals surface area contributed by atoms with Crippen LogP contribution in [0.2, 0.25) is 5.02 Å². The second kappa shape index (κ2) is 5.39. The van der Waals surface area contributed by atoms with Gasteiger partial charge in [-0.3, -0.25) is 0 Å². The number of nitrogens with zero attached hydrogens (tertiary/aromatic N) is 1. The minimum Gasteiger partial charge on any atom is -0.488 e. The van der Waals surface area contributed by atoms with Gasteiger partial charge in [-0.1, -0.05) is 11.6 Å². The molecule has 0 heterocycles. The lowest BCUT2D eigenvalue weighted by molar-refractivity contribution is 0.0229. The van der Waals surface area contributed by atoms with Crippen molar-refractivity contribution in [3.05, 3.63) is 28.8 Å². The molecule has 0 aromatic heterocycles. The molecule has 0 spiro atoms. The standard InChI is InChI=1S/C13H14ClNO2/c1-16-12-3-2-4-13(12)17-10-6-5-9(8-15)11(14)7-10/h5-7,12-13H,2-4H2,1H3. The summed E-state index contributed by atoms with van der Waals surface area (Å²) in [6.45, 7) is 0. The SMILES string of the molecule is COC1CCCC1Oc1ccc(C#N)c(Cl)c1. The van der Waals surface area contributed by atoms with Crippen LogP contribution in [-0.2, 0) is 4.74 Å². The summed E-state index contributed by atoms with van der Waals surface area (Å²) in [5.41, 5.74) is 0.466. The van der Waals surface area contributed by atoms with Crippen molar-refractivity contribution in [2.45, 2.75) is 31.5 Å². The van der Waals surface area contributed by atoms with Gasteiger partial charge >= 0.3 is 0 Å². The maximum atomic E-state index is 8.78. The van der Waals surface area contributed by atoms with Crippen molar-refractivity contribution >= 4 is 11.6 Å². The van der Waals surface area contributed by atoms with Crippen LogP contribution in [-0.4, -0.2) is 19.3 Å². The molecule has 2 atom stereocenters. The Balaban J connectivity index is 2.09. The lowest BCUT2D eigenvalue weighted by atomic mass is 10.2. The number of hydrogen-bond donors (Lipinski definition) is 0. The number of halogens is 1. The van der Waals surface area contributed by atoms with E-state index in [0.29, 0.717) is 16.3 Å². The Kier molecular flexibility index (Phi) is 3.88. The number of ether oxygens (including phenoxy) is 2. The van der Waals surface area contributed by atoms with Crippen LogP contribution in [0.1, 0.15) is 24.8 Å². The Bertz CT molecular complexity index is 442. The molecule has 1 aliphatic carbocycles. The van der Waals surface area contributed by atoms with E-state index in [0.717, 1.165) is 19.3 Å². The van der Waals surface area contributed by atoms with Crippen LogP contribution < -0.4 is 4.74 Å². The fraction of sp³-hybridized carbons (Fsp3) is 0.462. The number of hydrogen-bond acceptors (Lipinski definition) is 3. The number of nitriles is 1. The van der Waals surface area contributed by atoms with Gasteiger partial charge < -0.3 is 9.47 Å². The minimum absolute atomic E-state index is 0.0870. The van der Waals surface area contributed by atoms with Crippen molar-refractivity contribution < 1.29 is 9.47 Å². The zero-order chi connectivity index (χ0) is 12.3. The maximum absolute atomic E-state index is 8.78. The molecule has 90 valence electrons. The molecule has 1 aliphatic rings. The van der Waals surface area contributed by atoms with E-state index in [1.807, 2.05) is 6.07 Å². The number of methoxy groups -OCH3 is 1. The number of benzene rings is 1. The first kappa shape index (κ1) is 12.2. The van der Waals surface area contributed by atoms with Crippen molar-refractivity contribution in [2.75, 3.05) is 7.11 Å². The molecule has 0 aliphatic heterocycles. The lowest BCUT2D eigenvalue weighted by Gasteiger charge is -2.20. The lowest BCUT2D eigenvalue weighted by Crippen LogP contribution is -2.27. The Morgan fingerprint density at radius 2 is 2.12 bits per heavy atom. The van der Waals surface area contributed by atoms with Gasteiger partial charge in [-0.2, -0.15) is 5.26 Å². The largest absolute Gasteiger partial charge is 0.488 e. The van der Waals surface area contributed by atoms with Crippen LogP contribution >= 0.6 is 11.6 Å². The summed E-state index contributed by atoms with van der Waals surface area (Å²) in [6, 6.07) is 7.16. The van der Waals surface area contributed by atoms with Crippen LogP contribution in [0, 0.1) is 11.3 Å². The average molecular weight is 252 g/mol. The van der Waals surface area contributed by atoms with Crippen LogP contribution in [0.3, 0.4) is 0 Å². The predicted molar refractivity (Wildman–Crippen MR) is 65.2 cm³/mol. The summed E-state index contributed by atoms with van der Waals surface area (Å²) in [6.07, 6.45) is 3.39. The van der Waals surface area contributed by atoms with Gasteiger partial charge in [-0.15, -0.1) is 0 Å². The molecular formula is C13H14ClNO2. The molecule has 17 heavy (non-hydrogen) atoms. The Hall–Kier alpha value is -1.24. The smallest absolute Gasteiger partial charge is 0.125 e. The zero-order valence-electron chi connectivity index (χ0n) is 9.65. The van der Waals surface area contributed by atoms with Gasteiger partial charge in [0, 0.05) is 13.2 Å². The van der Waals surface area contributed by atoms with Crippen molar-refractivity contribution in [3.8, 4) is 11.8 Å². The second-order valence-corrected chi connectivity index (χ2v) is 4.52. The Morgan fingerprint density at radius 3 is 2.76 bits per heavy atom. The third-order valence-corrected chi connectivity index (χ3v) is 3.36. The second-order valence-electron chi connectivity index (χ2n) is 4.11. The highest BCUT2D eigenvalue weighted by Crippen LogP contribution is 2.28. The molecule has 0 bridgehead atoms. The van der Waals surface area contributed by atoms with E-state index in [1.165, 1.54) is 0 Å². The van der Waals surface area contributed by atoms with E-state index in [9.17, 15) is 0 Å². The first-order chi connectivity index (χ1) is 8.24. The van der Waals surface area contributed by atoms with Crippen molar-refractivity contribution in [1.82, 2.24) is 0 Å². The quantitative estimate of drug-likeness (QED) is 0.829. The Morgan fingerprint density at radius 1 is 1.35 bits per heavy atom. The van der Waals surface area contributed by atoms with Gasteiger partial charge in [0.15, 0.2) is 0 Å². The molecule has 1 saturated carbocycles. The summed E-state index contributed by atoms with van der Waals surface area (Å²) in [5, 5.41) is 9.21. The van der Waals surface area contributed by atoms with Crippen molar-refractivity contribution in [2.24, 2.45) is 0 Å². The number of rotatable bonds is 3. The van der Waals surface area contributed by atoms with E-state index >= 15 is 0 Å².